The number of unbranched alkanes of at least 4 members (excludes halogenated alkanes) is 1. The SMILES string of the molecule is CC(CCCCO[Si](C)(C)C)C1CCC2C3C(C[C@H](O[Si](C)(C)C)C12C)C1(C)CC[C@@H](O[Si](C)(C)C)C[C@H]1C[C@H]3O[Si](C)(C)C. The van der Waals surface area contributed by atoms with Gasteiger partial charge in [0, 0.05) is 18.8 Å². The third kappa shape index (κ3) is 9.29. The van der Waals surface area contributed by atoms with Gasteiger partial charge in [0.25, 0.3) is 0 Å². The fourth-order valence-electron chi connectivity index (χ4n) is 11.0. The van der Waals surface area contributed by atoms with E-state index in [0.717, 1.165) is 18.4 Å². The average Bonchev–Trinajstić information content (AvgIpc) is 3.20. The van der Waals surface area contributed by atoms with E-state index in [1.54, 1.807) is 0 Å². The van der Waals surface area contributed by atoms with Crippen LogP contribution in [0.1, 0.15) is 85.0 Å². The van der Waals surface area contributed by atoms with Gasteiger partial charge in [-0.3, -0.25) is 0 Å². The summed E-state index contributed by atoms with van der Waals surface area (Å²) >= 11 is 0. The standard InChI is InChI=1S/C37H76O4Si4/c1-27(18-16-17-23-38-42(4,5)6)30-19-20-31-35-32(26-34(37(30,31)3)41-45(13,14)15)36(2)22-21-29(39-43(7,8)9)24-28(36)25-33(35)40-44(10,11)12/h27-35H,16-26H2,1-15H3/t27?,28-,29+,30?,31?,32?,33+,34-,35?,36?,37?/m0/s1. The third-order valence-electron chi connectivity index (χ3n) is 12.6. The zero-order valence-corrected chi connectivity index (χ0v) is 36.6. The fraction of sp³-hybridized carbons (Fsp3) is 1.00. The van der Waals surface area contributed by atoms with Crippen molar-refractivity contribution in [3.05, 3.63) is 0 Å². The molecule has 4 aliphatic carbocycles. The van der Waals surface area contributed by atoms with Gasteiger partial charge in [-0.15, -0.1) is 0 Å². The maximum Gasteiger partial charge on any atom is 0.184 e. The molecule has 0 saturated heterocycles. The molecule has 264 valence electrons. The number of hydrogen-bond donors (Lipinski definition) is 0. The van der Waals surface area contributed by atoms with Crippen molar-refractivity contribution in [1.82, 2.24) is 0 Å². The maximum atomic E-state index is 7.43. The van der Waals surface area contributed by atoms with Crippen LogP contribution in [0.4, 0.5) is 0 Å². The second-order valence-corrected chi connectivity index (χ2v) is 38.5. The van der Waals surface area contributed by atoms with Gasteiger partial charge >= 0.3 is 0 Å². The summed E-state index contributed by atoms with van der Waals surface area (Å²) in [6.07, 6.45) is 14.0. The van der Waals surface area contributed by atoms with Crippen molar-refractivity contribution in [1.29, 1.82) is 0 Å². The molecular formula is C37H76O4Si4. The van der Waals surface area contributed by atoms with E-state index in [-0.39, 0.29) is 5.41 Å². The molecule has 4 aliphatic rings. The molecule has 0 spiro atoms. The van der Waals surface area contributed by atoms with E-state index in [0.29, 0.717) is 47.4 Å². The first-order valence-corrected chi connectivity index (χ1v) is 32.7. The predicted octanol–water partition coefficient (Wildman–Crippen LogP) is 11.2. The highest BCUT2D eigenvalue weighted by Crippen LogP contribution is 2.69. The largest absolute Gasteiger partial charge is 0.418 e. The van der Waals surface area contributed by atoms with Crippen molar-refractivity contribution < 1.29 is 17.7 Å². The van der Waals surface area contributed by atoms with Crippen LogP contribution in [0.2, 0.25) is 78.6 Å². The molecule has 7 unspecified atom stereocenters. The molecule has 0 amide bonds. The van der Waals surface area contributed by atoms with Crippen LogP contribution in [0.5, 0.6) is 0 Å². The van der Waals surface area contributed by atoms with Gasteiger partial charge in [0.2, 0.25) is 0 Å². The molecule has 0 aliphatic heterocycles. The van der Waals surface area contributed by atoms with Crippen LogP contribution in [0, 0.1) is 46.3 Å². The molecule has 0 aromatic carbocycles. The van der Waals surface area contributed by atoms with Crippen LogP contribution in [0.15, 0.2) is 0 Å². The van der Waals surface area contributed by atoms with Crippen LogP contribution in [0.3, 0.4) is 0 Å². The topological polar surface area (TPSA) is 36.9 Å². The summed E-state index contributed by atoms with van der Waals surface area (Å²) in [7, 11) is -6.45. The average molecular weight is 697 g/mol. The first kappa shape index (κ1) is 38.5. The van der Waals surface area contributed by atoms with Gasteiger partial charge in [-0.1, -0.05) is 33.6 Å². The van der Waals surface area contributed by atoms with Crippen LogP contribution in [-0.4, -0.2) is 58.2 Å². The molecule has 4 rings (SSSR count). The van der Waals surface area contributed by atoms with Gasteiger partial charge in [0.05, 0.1) is 6.10 Å². The third-order valence-corrected chi connectivity index (χ3v) is 16.7. The highest BCUT2D eigenvalue weighted by molar-refractivity contribution is 6.70. The summed E-state index contributed by atoms with van der Waals surface area (Å²) in [5.41, 5.74) is 0.601. The molecule has 0 N–H and O–H groups in total. The Labute approximate surface area is 284 Å². The van der Waals surface area contributed by atoms with Crippen molar-refractivity contribution in [3.63, 3.8) is 0 Å². The summed E-state index contributed by atoms with van der Waals surface area (Å²) in [4.78, 5) is 0. The van der Waals surface area contributed by atoms with Crippen molar-refractivity contribution in [2.24, 2.45) is 46.3 Å². The monoisotopic (exact) mass is 696 g/mol. The van der Waals surface area contributed by atoms with Gasteiger partial charge in [0.15, 0.2) is 33.3 Å². The summed E-state index contributed by atoms with van der Waals surface area (Å²) in [5.74, 6) is 4.23. The van der Waals surface area contributed by atoms with E-state index >= 15 is 0 Å². The zero-order valence-electron chi connectivity index (χ0n) is 32.6. The summed E-state index contributed by atoms with van der Waals surface area (Å²) < 4.78 is 27.8. The summed E-state index contributed by atoms with van der Waals surface area (Å²) in [6, 6.07) is 0. The molecular weight excluding hydrogens is 621 g/mol. The van der Waals surface area contributed by atoms with Gasteiger partial charge in [0.1, 0.15) is 0 Å². The zero-order chi connectivity index (χ0) is 33.8. The Morgan fingerprint density at radius 1 is 0.667 bits per heavy atom. The molecule has 0 bridgehead atoms. The van der Waals surface area contributed by atoms with Gasteiger partial charge < -0.3 is 17.7 Å². The highest BCUT2D eigenvalue weighted by atomic mass is 28.4. The first-order valence-electron chi connectivity index (χ1n) is 19.1. The molecule has 0 aromatic heterocycles. The van der Waals surface area contributed by atoms with Crippen LogP contribution in [-0.2, 0) is 17.7 Å². The normalized spacial score (nSPS) is 40.1. The molecule has 4 fully saturated rings. The van der Waals surface area contributed by atoms with Gasteiger partial charge in [-0.2, -0.15) is 0 Å². The molecule has 11 atom stereocenters. The Bertz CT molecular complexity index is 981. The molecule has 0 heterocycles. The Balaban J connectivity index is 1.64. The lowest BCUT2D eigenvalue weighted by Crippen LogP contribution is -2.64. The molecule has 0 radical (unpaired) electrons. The van der Waals surface area contributed by atoms with Crippen molar-refractivity contribution in [2.75, 3.05) is 6.61 Å². The maximum absolute atomic E-state index is 7.43. The van der Waals surface area contributed by atoms with E-state index in [1.165, 1.54) is 64.2 Å². The van der Waals surface area contributed by atoms with Crippen LogP contribution < -0.4 is 0 Å². The second kappa shape index (κ2) is 13.8. The second-order valence-electron chi connectivity index (χ2n) is 20.6. The minimum atomic E-state index is -1.74. The lowest BCUT2D eigenvalue weighted by Gasteiger charge is -2.66. The highest BCUT2D eigenvalue weighted by Gasteiger charge is 2.67. The van der Waals surface area contributed by atoms with E-state index in [2.05, 4.69) is 99.3 Å². The lowest BCUT2D eigenvalue weighted by atomic mass is 9.43. The predicted molar refractivity (Wildman–Crippen MR) is 203 cm³/mol. The smallest absolute Gasteiger partial charge is 0.184 e. The number of fused-ring (bicyclic) bond motifs is 5. The summed E-state index contributed by atoms with van der Waals surface area (Å²) in [6.45, 7) is 37.6. The minimum Gasteiger partial charge on any atom is -0.418 e. The molecule has 45 heavy (non-hydrogen) atoms. The van der Waals surface area contributed by atoms with Gasteiger partial charge in [-0.05, 0) is 176 Å². The lowest BCUT2D eigenvalue weighted by molar-refractivity contribution is -0.199. The Morgan fingerprint density at radius 3 is 1.87 bits per heavy atom. The van der Waals surface area contributed by atoms with Crippen molar-refractivity contribution >= 4 is 33.3 Å². The molecule has 4 saturated carbocycles. The molecule has 8 heteroatoms. The fourth-order valence-corrected chi connectivity index (χ4v) is 15.3. The molecule has 0 aromatic rings. The van der Waals surface area contributed by atoms with Crippen LogP contribution in [0.25, 0.3) is 0 Å². The Morgan fingerprint density at radius 2 is 1.29 bits per heavy atom. The van der Waals surface area contributed by atoms with Crippen LogP contribution >= 0.6 is 0 Å². The van der Waals surface area contributed by atoms with Crippen molar-refractivity contribution in [3.8, 4) is 0 Å². The Hall–Kier alpha value is 0.708. The molecule has 4 nitrogen and oxygen atoms in total. The minimum absolute atomic E-state index is 0.234. The number of rotatable bonds is 13. The van der Waals surface area contributed by atoms with Gasteiger partial charge in [-0.25, -0.2) is 0 Å². The van der Waals surface area contributed by atoms with E-state index in [1.807, 2.05) is 0 Å². The summed E-state index contributed by atoms with van der Waals surface area (Å²) in [5, 5.41) is 0. The number of hydrogen-bond acceptors (Lipinski definition) is 4. The van der Waals surface area contributed by atoms with Crippen molar-refractivity contribution in [2.45, 2.75) is 182 Å². The first-order chi connectivity index (χ1) is 20.4. The Kier molecular flexibility index (Phi) is 11.8. The van der Waals surface area contributed by atoms with E-state index < -0.39 is 33.3 Å². The van der Waals surface area contributed by atoms with E-state index in [4.69, 9.17) is 17.7 Å². The quantitative estimate of drug-likeness (QED) is 0.142. The van der Waals surface area contributed by atoms with E-state index in [9.17, 15) is 0 Å².